The number of hydrogen-bond donors (Lipinski definition) is 1. The van der Waals surface area contributed by atoms with Gasteiger partial charge < -0.3 is 17.3 Å². The zero-order valence-electron chi connectivity index (χ0n) is 14.2. The predicted octanol–water partition coefficient (Wildman–Crippen LogP) is 0.587. The van der Waals surface area contributed by atoms with Crippen molar-refractivity contribution in [1.82, 2.24) is 0 Å². The van der Waals surface area contributed by atoms with Crippen molar-refractivity contribution >= 4 is 5.57 Å². The highest BCUT2D eigenvalue weighted by Gasteiger charge is 2.32. The molecule has 1 heterocycles. The molecule has 1 nitrogen and oxygen atoms in total. The molecule has 2 aromatic carbocycles. The summed E-state index contributed by atoms with van der Waals surface area (Å²) in [6.07, 6.45) is 0. The molecule has 0 saturated carbocycles. The molecule has 0 saturated heterocycles. The Labute approximate surface area is 146 Å². The molecule has 0 aliphatic carbocycles. The molecule has 2 heteroatoms. The standard InChI is InChI=1S/C21H25N.ClH/c1-16-17(2)21(20-12-8-5-9-13-20)15-22(18(16)3)14-19-10-6-4-7-11-19;/h4-13,16,18H,14-15H2,1-3H3;1H/t16-,18-;/m0./s1. The fourth-order valence-electron chi connectivity index (χ4n) is 3.58. The summed E-state index contributed by atoms with van der Waals surface area (Å²) in [5, 5.41) is 0. The van der Waals surface area contributed by atoms with Crippen molar-refractivity contribution in [3.8, 4) is 0 Å². The first-order valence-corrected chi connectivity index (χ1v) is 8.30. The van der Waals surface area contributed by atoms with Gasteiger partial charge in [0.25, 0.3) is 0 Å². The lowest BCUT2D eigenvalue weighted by atomic mass is 9.83. The maximum Gasteiger partial charge on any atom is 0.104 e. The van der Waals surface area contributed by atoms with Gasteiger partial charge in [-0.05, 0) is 19.4 Å². The van der Waals surface area contributed by atoms with Crippen molar-refractivity contribution in [2.75, 3.05) is 6.54 Å². The molecule has 23 heavy (non-hydrogen) atoms. The largest absolute Gasteiger partial charge is 1.00 e. The SMILES string of the molecule is CC1=C(c2ccccc2)C[NH+](Cc2ccccc2)[C@@H](C)[C@H]1C.[Cl-]. The zero-order chi connectivity index (χ0) is 15.5. The van der Waals surface area contributed by atoms with Gasteiger partial charge in [-0.1, -0.05) is 73.2 Å². The van der Waals surface area contributed by atoms with Gasteiger partial charge >= 0.3 is 0 Å². The number of hydrogen-bond acceptors (Lipinski definition) is 0. The minimum atomic E-state index is 0. The van der Waals surface area contributed by atoms with Gasteiger partial charge in [0.05, 0.1) is 6.04 Å². The van der Waals surface area contributed by atoms with Crippen molar-refractivity contribution < 1.29 is 17.3 Å². The summed E-state index contributed by atoms with van der Waals surface area (Å²) in [5.41, 5.74) is 5.93. The van der Waals surface area contributed by atoms with Crippen LogP contribution >= 0.6 is 0 Å². The highest BCUT2D eigenvalue weighted by Crippen LogP contribution is 2.27. The van der Waals surface area contributed by atoms with Crippen LogP contribution < -0.4 is 17.3 Å². The summed E-state index contributed by atoms with van der Waals surface area (Å²) in [7, 11) is 0. The highest BCUT2D eigenvalue weighted by atomic mass is 35.5. The van der Waals surface area contributed by atoms with Crippen LogP contribution in [0.1, 0.15) is 31.9 Å². The van der Waals surface area contributed by atoms with E-state index in [1.54, 1.807) is 10.5 Å². The van der Waals surface area contributed by atoms with Gasteiger partial charge in [0, 0.05) is 17.1 Å². The van der Waals surface area contributed by atoms with E-state index < -0.39 is 0 Å². The minimum Gasteiger partial charge on any atom is -1.00 e. The van der Waals surface area contributed by atoms with E-state index in [0.717, 1.165) is 13.1 Å². The summed E-state index contributed by atoms with van der Waals surface area (Å²) < 4.78 is 0. The molecule has 122 valence electrons. The smallest absolute Gasteiger partial charge is 0.104 e. The molecular formula is C21H26ClN. The second-order valence-corrected chi connectivity index (χ2v) is 6.60. The van der Waals surface area contributed by atoms with Gasteiger partial charge in [0.15, 0.2) is 0 Å². The summed E-state index contributed by atoms with van der Waals surface area (Å²) in [5.74, 6) is 0.627. The number of nitrogens with one attached hydrogen (secondary N) is 1. The van der Waals surface area contributed by atoms with Crippen LogP contribution in [0.25, 0.3) is 5.57 Å². The third kappa shape index (κ3) is 3.85. The van der Waals surface area contributed by atoms with Crippen molar-refractivity contribution in [2.45, 2.75) is 33.4 Å². The van der Waals surface area contributed by atoms with E-state index in [0.29, 0.717) is 12.0 Å². The zero-order valence-corrected chi connectivity index (χ0v) is 15.0. The van der Waals surface area contributed by atoms with E-state index in [1.807, 2.05) is 0 Å². The van der Waals surface area contributed by atoms with Crippen molar-refractivity contribution in [3.63, 3.8) is 0 Å². The van der Waals surface area contributed by atoms with Gasteiger partial charge in [0.1, 0.15) is 13.1 Å². The molecule has 3 rings (SSSR count). The van der Waals surface area contributed by atoms with Gasteiger partial charge in [-0.15, -0.1) is 0 Å². The Morgan fingerprint density at radius 2 is 1.48 bits per heavy atom. The second kappa shape index (κ2) is 7.81. The summed E-state index contributed by atoms with van der Waals surface area (Å²) in [6.45, 7) is 9.33. The van der Waals surface area contributed by atoms with Crippen molar-refractivity contribution in [2.24, 2.45) is 5.92 Å². The van der Waals surface area contributed by atoms with Gasteiger partial charge in [0.2, 0.25) is 0 Å². The van der Waals surface area contributed by atoms with Crippen LogP contribution in [0.3, 0.4) is 0 Å². The fraction of sp³-hybridized carbons (Fsp3) is 0.333. The molecule has 0 bridgehead atoms. The van der Waals surface area contributed by atoms with E-state index in [1.165, 1.54) is 16.7 Å². The molecule has 0 spiro atoms. The molecule has 1 unspecified atom stereocenters. The molecule has 1 aliphatic heterocycles. The summed E-state index contributed by atoms with van der Waals surface area (Å²) in [4.78, 5) is 1.67. The van der Waals surface area contributed by atoms with Gasteiger partial charge in [-0.3, -0.25) is 0 Å². The Bertz CT molecular complexity index is 648. The third-order valence-corrected chi connectivity index (χ3v) is 5.35. The Morgan fingerprint density at radius 1 is 0.913 bits per heavy atom. The van der Waals surface area contributed by atoms with E-state index in [4.69, 9.17) is 0 Å². The average molecular weight is 328 g/mol. The molecular weight excluding hydrogens is 302 g/mol. The van der Waals surface area contributed by atoms with Gasteiger partial charge in [-0.25, -0.2) is 0 Å². The lowest BCUT2D eigenvalue weighted by Crippen LogP contribution is -3.15. The monoisotopic (exact) mass is 327 g/mol. The number of rotatable bonds is 3. The number of quaternary nitrogens is 1. The predicted molar refractivity (Wildman–Crippen MR) is 93.6 cm³/mol. The fourth-order valence-corrected chi connectivity index (χ4v) is 3.58. The summed E-state index contributed by atoms with van der Waals surface area (Å²) in [6, 6.07) is 22.4. The van der Waals surface area contributed by atoms with Crippen LogP contribution in [0.15, 0.2) is 66.2 Å². The van der Waals surface area contributed by atoms with E-state index >= 15 is 0 Å². The first kappa shape index (κ1) is 17.8. The Balaban J connectivity index is 0.00000192. The number of benzene rings is 2. The number of halogens is 1. The molecule has 0 aromatic heterocycles. The van der Waals surface area contributed by atoms with E-state index in [9.17, 15) is 0 Å². The minimum absolute atomic E-state index is 0. The maximum atomic E-state index is 2.40. The molecule has 0 fully saturated rings. The van der Waals surface area contributed by atoms with Crippen LogP contribution in [0.5, 0.6) is 0 Å². The van der Waals surface area contributed by atoms with Crippen molar-refractivity contribution in [3.05, 3.63) is 77.4 Å². The van der Waals surface area contributed by atoms with E-state index in [2.05, 4.69) is 81.4 Å². The lowest BCUT2D eigenvalue weighted by molar-refractivity contribution is -0.934. The Kier molecular flexibility index (Phi) is 6.04. The quantitative estimate of drug-likeness (QED) is 0.841. The first-order chi connectivity index (χ1) is 10.7. The topological polar surface area (TPSA) is 4.44 Å². The van der Waals surface area contributed by atoms with Crippen LogP contribution in [-0.2, 0) is 6.54 Å². The Morgan fingerprint density at radius 3 is 2.09 bits per heavy atom. The summed E-state index contributed by atoms with van der Waals surface area (Å²) >= 11 is 0. The first-order valence-electron chi connectivity index (χ1n) is 8.30. The maximum absolute atomic E-state index is 2.40. The van der Waals surface area contributed by atoms with Gasteiger partial charge in [-0.2, -0.15) is 0 Å². The van der Waals surface area contributed by atoms with Crippen molar-refractivity contribution in [1.29, 1.82) is 0 Å². The average Bonchev–Trinajstić information content (AvgIpc) is 2.57. The lowest BCUT2D eigenvalue weighted by Gasteiger charge is -2.37. The van der Waals surface area contributed by atoms with Crippen LogP contribution in [0.4, 0.5) is 0 Å². The van der Waals surface area contributed by atoms with Crippen LogP contribution in [0.2, 0.25) is 0 Å². The van der Waals surface area contributed by atoms with E-state index in [-0.39, 0.29) is 12.4 Å². The molecule has 3 atom stereocenters. The third-order valence-electron chi connectivity index (χ3n) is 5.35. The van der Waals surface area contributed by atoms with Crippen LogP contribution in [-0.4, -0.2) is 12.6 Å². The van der Waals surface area contributed by atoms with Crippen LogP contribution in [0, 0.1) is 5.92 Å². The normalized spacial score (nSPS) is 24.2. The highest BCUT2D eigenvalue weighted by molar-refractivity contribution is 5.69. The molecule has 2 aromatic rings. The molecule has 1 aliphatic rings. The molecule has 0 radical (unpaired) electrons. The Hall–Kier alpha value is -1.57. The molecule has 1 N–H and O–H groups in total. The second-order valence-electron chi connectivity index (χ2n) is 6.60. The molecule has 0 amide bonds.